The van der Waals surface area contributed by atoms with Gasteiger partial charge in [0.15, 0.2) is 5.69 Å². The van der Waals surface area contributed by atoms with Gasteiger partial charge in [-0.1, -0.05) is 56.4 Å². The minimum Gasteiger partial charge on any atom is -0.478 e. The molecule has 6 rings (SSSR count). The molecule has 210 valence electrons. The molecule has 3 aromatic rings. The van der Waals surface area contributed by atoms with E-state index in [1.807, 2.05) is 28.8 Å². The molecular weight excluding hydrogens is 504 g/mol. The van der Waals surface area contributed by atoms with Gasteiger partial charge in [-0.3, -0.25) is 14.5 Å². The molecule has 8 heteroatoms. The van der Waals surface area contributed by atoms with Crippen molar-refractivity contribution in [3.63, 3.8) is 0 Å². The Balaban J connectivity index is 1.25. The van der Waals surface area contributed by atoms with Gasteiger partial charge in [0.05, 0.1) is 16.6 Å². The first-order valence-electron chi connectivity index (χ1n) is 14.9. The fraction of sp³-hybridized carbons (Fsp3) is 0.500. The van der Waals surface area contributed by atoms with Crippen molar-refractivity contribution in [2.75, 3.05) is 0 Å². The fourth-order valence-corrected chi connectivity index (χ4v) is 7.42. The molecule has 2 saturated heterocycles. The number of carboxylic acids is 1. The van der Waals surface area contributed by atoms with Crippen LogP contribution in [0.25, 0.3) is 11.0 Å². The number of nitrogens with zero attached hydrogens (tertiary/aromatic N) is 3. The van der Waals surface area contributed by atoms with Crippen LogP contribution in [0.15, 0.2) is 53.3 Å². The number of carbonyl (C=O) groups excluding carboxylic acids is 1. The first-order valence-corrected chi connectivity index (χ1v) is 14.9. The maximum atomic E-state index is 13.9. The number of para-hydroxylation sites is 2. The van der Waals surface area contributed by atoms with Crippen LogP contribution in [0, 0.1) is 0 Å². The second-order valence-electron chi connectivity index (χ2n) is 11.8. The van der Waals surface area contributed by atoms with Gasteiger partial charge in [-0.05, 0) is 68.4 Å². The summed E-state index contributed by atoms with van der Waals surface area (Å²) < 4.78 is 1.86. The number of carboxylic acid groups (broad SMARTS) is 1. The number of fused-ring (bicyclic) bond motifs is 3. The van der Waals surface area contributed by atoms with Gasteiger partial charge in [0.1, 0.15) is 0 Å². The minimum absolute atomic E-state index is 0.0396. The van der Waals surface area contributed by atoms with E-state index in [4.69, 9.17) is 5.11 Å². The number of carbonyl (C=O) groups is 2. The molecule has 2 N–H and O–H groups in total. The third kappa shape index (κ3) is 5.29. The molecule has 1 unspecified atom stereocenters. The Labute approximate surface area is 234 Å². The Hall–Kier alpha value is -3.52. The van der Waals surface area contributed by atoms with E-state index < -0.39 is 11.9 Å². The summed E-state index contributed by atoms with van der Waals surface area (Å²) >= 11 is 0. The number of aromatic nitrogens is 2. The SMILES string of the molecule is O=C(O)c1ccc(CNC(=O)c2nc3ccccc3n(C3C[C@H]4CC[C@@H](C3)N4C3CCCCCCC3)c2=O)cc1. The normalized spacial score (nSPS) is 23.9. The van der Waals surface area contributed by atoms with Crippen molar-refractivity contribution in [1.29, 1.82) is 0 Å². The van der Waals surface area contributed by atoms with Crippen molar-refractivity contribution in [3.8, 4) is 0 Å². The van der Waals surface area contributed by atoms with Crippen LogP contribution < -0.4 is 10.9 Å². The number of hydrogen-bond donors (Lipinski definition) is 2. The van der Waals surface area contributed by atoms with E-state index in [1.165, 1.54) is 69.9 Å². The number of hydrogen-bond acceptors (Lipinski definition) is 5. The van der Waals surface area contributed by atoms with Crippen molar-refractivity contribution in [2.45, 2.75) is 101 Å². The second kappa shape index (κ2) is 11.5. The molecule has 0 radical (unpaired) electrons. The fourth-order valence-electron chi connectivity index (χ4n) is 7.42. The van der Waals surface area contributed by atoms with Crippen LogP contribution >= 0.6 is 0 Å². The van der Waals surface area contributed by atoms with Crippen LogP contribution in [-0.2, 0) is 6.54 Å². The van der Waals surface area contributed by atoms with Crippen molar-refractivity contribution in [1.82, 2.24) is 19.8 Å². The number of aromatic carboxylic acids is 1. The summed E-state index contributed by atoms with van der Waals surface area (Å²) in [4.78, 5) is 45.6. The van der Waals surface area contributed by atoms with Gasteiger partial charge in [-0.25, -0.2) is 9.78 Å². The Kier molecular flexibility index (Phi) is 7.69. The largest absolute Gasteiger partial charge is 0.478 e. The summed E-state index contributed by atoms with van der Waals surface area (Å²) in [7, 11) is 0. The average molecular weight is 543 g/mol. The van der Waals surface area contributed by atoms with Gasteiger partial charge in [0.2, 0.25) is 0 Å². The molecule has 8 nitrogen and oxygen atoms in total. The van der Waals surface area contributed by atoms with Crippen molar-refractivity contribution in [3.05, 3.63) is 75.7 Å². The molecule has 1 saturated carbocycles. The Bertz CT molecular complexity index is 1430. The molecule has 3 fully saturated rings. The highest BCUT2D eigenvalue weighted by molar-refractivity contribution is 5.94. The van der Waals surface area contributed by atoms with Crippen molar-refractivity contribution in [2.24, 2.45) is 0 Å². The number of rotatable bonds is 6. The Morgan fingerprint density at radius 2 is 1.48 bits per heavy atom. The third-order valence-corrected chi connectivity index (χ3v) is 9.29. The third-order valence-electron chi connectivity index (χ3n) is 9.29. The van der Waals surface area contributed by atoms with E-state index in [0.717, 1.165) is 23.9 Å². The summed E-state index contributed by atoms with van der Waals surface area (Å²) in [5.41, 5.74) is 1.95. The molecule has 3 atom stereocenters. The lowest BCUT2D eigenvalue weighted by molar-refractivity contribution is 0.0497. The predicted octanol–water partition coefficient (Wildman–Crippen LogP) is 5.31. The molecule has 1 aromatic heterocycles. The van der Waals surface area contributed by atoms with Gasteiger partial charge in [-0.2, -0.15) is 0 Å². The molecule has 1 aliphatic carbocycles. The molecular formula is C32H38N4O4. The van der Waals surface area contributed by atoms with Crippen LogP contribution in [0.2, 0.25) is 0 Å². The van der Waals surface area contributed by atoms with E-state index in [9.17, 15) is 14.4 Å². The molecule has 0 spiro atoms. The minimum atomic E-state index is -1.000. The van der Waals surface area contributed by atoms with E-state index in [-0.39, 0.29) is 29.4 Å². The number of nitrogens with one attached hydrogen (secondary N) is 1. The van der Waals surface area contributed by atoms with E-state index in [0.29, 0.717) is 23.6 Å². The topological polar surface area (TPSA) is 105 Å². The average Bonchev–Trinajstić information content (AvgIpc) is 3.20. The number of benzene rings is 2. The molecule has 3 heterocycles. The lowest BCUT2D eigenvalue weighted by Crippen LogP contribution is -2.50. The maximum absolute atomic E-state index is 13.9. The van der Waals surface area contributed by atoms with Gasteiger partial charge in [-0.15, -0.1) is 0 Å². The first kappa shape index (κ1) is 26.7. The summed E-state index contributed by atoms with van der Waals surface area (Å²) in [6.45, 7) is 0.177. The lowest BCUT2D eigenvalue weighted by atomic mass is 9.89. The van der Waals surface area contributed by atoms with Gasteiger partial charge >= 0.3 is 5.97 Å². The van der Waals surface area contributed by atoms with Crippen molar-refractivity contribution < 1.29 is 14.7 Å². The second-order valence-corrected chi connectivity index (χ2v) is 11.8. The van der Waals surface area contributed by atoms with Crippen LogP contribution in [0.4, 0.5) is 0 Å². The smallest absolute Gasteiger partial charge is 0.335 e. The molecule has 40 heavy (non-hydrogen) atoms. The highest BCUT2D eigenvalue weighted by Crippen LogP contribution is 2.44. The zero-order chi connectivity index (χ0) is 27.6. The molecule has 2 bridgehead atoms. The highest BCUT2D eigenvalue weighted by Gasteiger charge is 2.44. The zero-order valence-electron chi connectivity index (χ0n) is 22.9. The molecule has 2 aliphatic heterocycles. The molecule has 2 aromatic carbocycles. The van der Waals surface area contributed by atoms with Gasteiger partial charge in [0, 0.05) is 30.7 Å². The highest BCUT2D eigenvalue weighted by atomic mass is 16.4. The van der Waals surface area contributed by atoms with Crippen LogP contribution in [0.5, 0.6) is 0 Å². The van der Waals surface area contributed by atoms with E-state index in [1.54, 1.807) is 12.1 Å². The summed E-state index contributed by atoms with van der Waals surface area (Å²) in [5.74, 6) is -1.51. The van der Waals surface area contributed by atoms with Crippen LogP contribution in [0.1, 0.15) is 103 Å². The summed E-state index contributed by atoms with van der Waals surface area (Å²) in [6, 6.07) is 15.6. The van der Waals surface area contributed by atoms with Crippen LogP contribution in [-0.4, -0.2) is 49.6 Å². The molecule has 3 aliphatic rings. The number of amides is 1. The van der Waals surface area contributed by atoms with Crippen molar-refractivity contribution >= 4 is 22.9 Å². The summed E-state index contributed by atoms with van der Waals surface area (Å²) in [5, 5.41) is 11.9. The predicted molar refractivity (Wildman–Crippen MR) is 154 cm³/mol. The summed E-state index contributed by atoms with van der Waals surface area (Å²) in [6.07, 6.45) is 13.5. The van der Waals surface area contributed by atoms with Crippen LogP contribution in [0.3, 0.4) is 0 Å². The Morgan fingerprint density at radius 1 is 0.825 bits per heavy atom. The zero-order valence-corrected chi connectivity index (χ0v) is 22.9. The Morgan fingerprint density at radius 3 is 2.15 bits per heavy atom. The maximum Gasteiger partial charge on any atom is 0.335 e. The monoisotopic (exact) mass is 542 g/mol. The lowest BCUT2D eigenvalue weighted by Gasteiger charge is -2.45. The standard InChI is InChI=1S/C32H38N4O4/c37-30(33-20-21-12-14-22(15-13-21)32(39)40)29-31(38)36(28-11-7-6-10-27(28)34-29)26-18-24-16-17-25(19-26)35(24)23-8-4-2-1-3-5-9-23/h6-7,10-15,23-26H,1-5,8-9,16-20H2,(H,33,37)(H,39,40)/t24-,25+,26?. The molecule has 1 amide bonds. The van der Waals surface area contributed by atoms with Gasteiger partial charge < -0.3 is 15.0 Å². The quantitative estimate of drug-likeness (QED) is 0.438. The van der Waals surface area contributed by atoms with E-state index >= 15 is 0 Å². The van der Waals surface area contributed by atoms with Gasteiger partial charge in [0.25, 0.3) is 11.5 Å². The number of piperidine rings is 1. The first-order chi connectivity index (χ1) is 19.5. The van der Waals surface area contributed by atoms with E-state index in [2.05, 4.69) is 15.2 Å².